The molecule has 1 N–H and O–H groups in total. The van der Waals surface area contributed by atoms with Crippen LogP contribution in [0.1, 0.15) is 28.9 Å². The number of tetrazole rings is 1. The van der Waals surface area contributed by atoms with Crippen LogP contribution in [0.15, 0.2) is 54.6 Å². The molecule has 0 aliphatic carbocycles. The van der Waals surface area contributed by atoms with E-state index in [-0.39, 0.29) is 5.91 Å². The van der Waals surface area contributed by atoms with E-state index in [9.17, 15) is 4.79 Å². The molecule has 0 spiro atoms. The lowest BCUT2D eigenvalue weighted by Crippen LogP contribution is -2.35. The highest BCUT2D eigenvalue weighted by molar-refractivity contribution is 5.96. The number of hydrogen-bond acceptors (Lipinski definition) is 5. The maximum atomic E-state index is 12.7. The van der Waals surface area contributed by atoms with Crippen molar-refractivity contribution in [3.63, 3.8) is 0 Å². The first-order valence-corrected chi connectivity index (χ1v) is 10.3. The quantitative estimate of drug-likeness (QED) is 0.549. The van der Waals surface area contributed by atoms with Crippen molar-refractivity contribution in [1.82, 2.24) is 25.6 Å². The van der Waals surface area contributed by atoms with Gasteiger partial charge >= 0.3 is 0 Å². The van der Waals surface area contributed by atoms with Crippen LogP contribution in [0.2, 0.25) is 0 Å². The number of nitrogens with one attached hydrogen (secondary N) is 1. The first-order chi connectivity index (χ1) is 15.1. The fraction of sp³-hybridized carbons (Fsp3) is 0.208. The largest absolute Gasteiger partial charge is 0.308 e. The number of nitrogens with zero attached hydrogens (tertiary/aromatic N) is 5. The number of rotatable bonds is 4. The molecule has 0 saturated carbocycles. The average Bonchev–Trinajstić information content (AvgIpc) is 3.31. The molecular weight excluding hydrogens is 388 g/mol. The summed E-state index contributed by atoms with van der Waals surface area (Å²) in [6, 6.07) is 18.3. The first-order valence-electron chi connectivity index (χ1n) is 10.3. The second-order valence-corrected chi connectivity index (χ2v) is 7.82. The third kappa shape index (κ3) is 3.59. The van der Waals surface area contributed by atoms with Gasteiger partial charge in [-0.1, -0.05) is 48.5 Å². The van der Waals surface area contributed by atoms with Gasteiger partial charge in [0.15, 0.2) is 5.82 Å². The Bertz CT molecular complexity index is 1250. The molecule has 1 amide bonds. The van der Waals surface area contributed by atoms with Gasteiger partial charge in [0.25, 0.3) is 0 Å². The van der Waals surface area contributed by atoms with Gasteiger partial charge < -0.3 is 4.90 Å². The number of pyridine rings is 1. The number of anilines is 1. The summed E-state index contributed by atoms with van der Waals surface area (Å²) in [6.07, 6.45) is 1.28. The first kappa shape index (κ1) is 19.1. The van der Waals surface area contributed by atoms with E-state index in [0.717, 1.165) is 45.7 Å². The Hall–Kier alpha value is -3.87. The van der Waals surface area contributed by atoms with Gasteiger partial charge in [-0.25, -0.2) is 5.10 Å². The minimum Gasteiger partial charge on any atom is -0.308 e. The zero-order valence-corrected chi connectivity index (χ0v) is 17.5. The van der Waals surface area contributed by atoms with Gasteiger partial charge in [0.2, 0.25) is 5.91 Å². The molecule has 154 valence electrons. The highest BCUT2D eigenvalue weighted by Crippen LogP contribution is 2.33. The van der Waals surface area contributed by atoms with Crippen molar-refractivity contribution in [3.05, 3.63) is 77.1 Å². The molecule has 2 aromatic heterocycles. The zero-order valence-electron chi connectivity index (χ0n) is 17.5. The molecule has 1 aliphatic heterocycles. The van der Waals surface area contributed by atoms with E-state index in [2.05, 4.69) is 55.9 Å². The predicted molar refractivity (Wildman–Crippen MR) is 118 cm³/mol. The van der Waals surface area contributed by atoms with Crippen LogP contribution in [-0.2, 0) is 17.8 Å². The van der Waals surface area contributed by atoms with Crippen LogP contribution >= 0.6 is 0 Å². The lowest BCUT2D eigenvalue weighted by atomic mass is 9.97. The van der Waals surface area contributed by atoms with Gasteiger partial charge in [-0.15, -0.1) is 5.10 Å². The van der Waals surface area contributed by atoms with Crippen molar-refractivity contribution in [2.45, 2.75) is 33.2 Å². The minimum atomic E-state index is 0.157. The summed E-state index contributed by atoms with van der Waals surface area (Å²) in [5.41, 5.74) is 8.26. The lowest BCUT2D eigenvalue weighted by molar-refractivity contribution is -0.119. The maximum absolute atomic E-state index is 12.7. The number of aromatic amines is 1. The number of carbonyl (C=O) groups excluding carboxylic acids is 1. The summed E-state index contributed by atoms with van der Waals surface area (Å²) in [5.74, 6) is 0.791. The van der Waals surface area contributed by atoms with Gasteiger partial charge in [-0.05, 0) is 59.0 Å². The maximum Gasteiger partial charge on any atom is 0.227 e. The summed E-state index contributed by atoms with van der Waals surface area (Å²) in [4.78, 5) is 19.2. The van der Waals surface area contributed by atoms with Crippen LogP contribution in [0.5, 0.6) is 0 Å². The molecule has 0 atom stereocenters. The monoisotopic (exact) mass is 410 g/mol. The highest BCUT2D eigenvalue weighted by atomic mass is 16.2. The average molecular weight is 410 g/mol. The molecule has 31 heavy (non-hydrogen) atoms. The van der Waals surface area contributed by atoms with Gasteiger partial charge in [-0.2, -0.15) is 0 Å². The third-order valence-electron chi connectivity index (χ3n) is 5.75. The Balaban J connectivity index is 1.45. The normalized spacial score (nSPS) is 13.4. The summed E-state index contributed by atoms with van der Waals surface area (Å²) < 4.78 is 0. The molecule has 0 fully saturated rings. The van der Waals surface area contributed by atoms with E-state index in [1.807, 2.05) is 43.0 Å². The van der Waals surface area contributed by atoms with E-state index >= 15 is 0 Å². The van der Waals surface area contributed by atoms with E-state index in [1.54, 1.807) is 0 Å². The summed E-state index contributed by atoms with van der Waals surface area (Å²) >= 11 is 0. The van der Waals surface area contributed by atoms with Crippen LogP contribution in [0, 0.1) is 13.8 Å². The summed E-state index contributed by atoms with van der Waals surface area (Å²) in [7, 11) is 0. The Labute approximate surface area is 180 Å². The Kier molecular flexibility index (Phi) is 4.78. The lowest BCUT2D eigenvalue weighted by Gasteiger charge is -2.30. The van der Waals surface area contributed by atoms with Gasteiger partial charge in [-0.3, -0.25) is 9.78 Å². The molecule has 7 heteroatoms. The molecule has 2 aromatic carbocycles. The molecule has 0 radical (unpaired) electrons. The van der Waals surface area contributed by atoms with Crippen molar-refractivity contribution >= 4 is 11.6 Å². The molecule has 7 nitrogen and oxygen atoms in total. The standard InChI is InChI=1S/C24H22N6O/c1-15-13-22-19(16(2)25-15)11-12-23(31)30(22)14-17-7-9-18(10-8-17)20-5-3-4-6-21(20)24-26-28-29-27-24/h3-10,13H,11-12,14H2,1-2H3,(H,26,27,28,29). The number of carbonyl (C=O) groups is 1. The second-order valence-electron chi connectivity index (χ2n) is 7.82. The molecule has 5 rings (SSSR count). The molecular formula is C24H22N6O. The van der Waals surface area contributed by atoms with E-state index in [0.29, 0.717) is 18.8 Å². The molecule has 1 aliphatic rings. The number of benzene rings is 2. The molecule has 0 bridgehead atoms. The number of fused-ring (bicyclic) bond motifs is 1. The van der Waals surface area contributed by atoms with Gasteiger partial charge in [0.05, 0.1) is 12.2 Å². The number of aryl methyl sites for hydroxylation is 2. The smallest absolute Gasteiger partial charge is 0.227 e. The molecule has 0 saturated heterocycles. The van der Waals surface area contributed by atoms with Gasteiger partial charge in [0, 0.05) is 23.4 Å². The topological polar surface area (TPSA) is 87.7 Å². The van der Waals surface area contributed by atoms with E-state index in [4.69, 9.17) is 0 Å². The highest BCUT2D eigenvalue weighted by Gasteiger charge is 2.26. The van der Waals surface area contributed by atoms with Crippen molar-refractivity contribution in [1.29, 1.82) is 0 Å². The number of H-pyrrole nitrogens is 1. The summed E-state index contributed by atoms with van der Waals surface area (Å²) in [5, 5.41) is 14.3. The number of aromatic nitrogens is 5. The van der Waals surface area contributed by atoms with E-state index in [1.165, 1.54) is 5.56 Å². The number of hydrogen-bond donors (Lipinski definition) is 1. The second kappa shape index (κ2) is 7.75. The van der Waals surface area contributed by atoms with Crippen molar-refractivity contribution < 1.29 is 4.79 Å². The Morgan fingerprint density at radius 3 is 2.52 bits per heavy atom. The minimum absolute atomic E-state index is 0.157. The Morgan fingerprint density at radius 2 is 1.77 bits per heavy atom. The number of amides is 1. The molecule has 0 unspecified atom stereocenters. The van der Waals surface area contributed by atoms with E-state index < -0.39 is 0 Å². The van der Waals surface area contributed by atoms with Gasteiger partial charge in [0.1, 0.15) is 0 Å². The van der Waals surface area contributed by atoms with Crippen LogP contribution in [0.25, 0.3) is 22.5 Å². The summed E-state index contributed by atoms with van der Waals surface area (Å²) in [6.45, 7) is 4.54. The van der Waals surface area contributed by atoms with Crippen molar-refractivity contribution in [3.8, 4) is 22.5 Å². The SMILES string of the molecule is Cc1cc2c(c(C)n1)CCC(=O)N2Cc1ccc(-c2ccccc2-c2nnn[nH]2)cc1. The molecule has 4 aromatic rings. The predicted octanol–water partition coefficient (Wildman–Crippen LogP) is 4.02. The fourth-order valence-corrected chi connectivity index (χ4v) is 4.25. The van der Waals surface area contributed by atoms with Crippen LogP contribution in [0.3, 0.4) is 0 Å². The Morgan fingerprint density at radius 1 is 1.00 bits per heavy atom. The van der Waals surface area contributed by atoms with Crippen LogP contribution in [0.4, 0.5) is 5.69 Å². The van der Waals surface area contributed by atoms with Crippen molar-refractivity contribution in [2.24, 2.45) is 0 Å². The van der Waals surface area contributed by atoms with Crippen LogP contribution in [-0.4, -0.2) is 31.5 Å². The third-order valence-corrected chi connectivity index (χ3v) is 5.75. The van der Waals surface area contributed by atoms with Crippen LogP contribution < -0.4 is 4.90 Å². The zero-order chi connectivity index (χ0) is 21.4. The fourth-order valence-electron chi connectivity index (χ4n) is 4.25. The molecule has 3 heterocycles. The van der Waals surface area contributed by atoms with Crippen molar-refractivity contribution in [2.75, 3.05) is 4.90 Å².